The number of aromatic nitrogens is 1. The van der Waals surface area contributed by atoms with Crippen molar-refractivity contribution in [2.45, 2.75) is 12.3 Å². The predicted octanol–water partition coefficient (Wildman–Crippen LogP) is 9.29. The molecule has 5 nitrogen and oxygen atoms in total. The van der Waals surface area contributed by atoms with Crippen molar-refractivity contribution in [3.05, 3.63) is 162 Å². The Bertz CT molecular complexity index is 2400. The Labute approximate surface area is 259 Å². The van der Waals surface area contributed by atoms with Gasteiger partial charge >= 0.3 is 0 Å². The fourth-order valence-corrected chi connectivity index (χ4v) is 6.54. The lowest BCUT2D eigenvalue weighted by Crippen LogP contribution is -2.45. The molecule has 6 aromatic carbocycles. The molecule has 9 rings (SSSR count). The van der Waals surface area contributed by atoms with Crippen LogP contribution in [0.25, 0.3) is 54.9 Å². The lowest BCUT2D eigenvalue weighted by atomic mass is 9.98. The molecule has 2 unspecified atom stereocenters. The molecule has 0 saturated carbocycles. The van der Waals surface area contributed by atoms with Crippen LogP contribution in [0, 0.1) is 0 Å². The Morgan fingerprint density at radius 1 is 0.578 bits per heavy atom. The second-order valence-electron chi connectivity index (χ2n) is 11.5. The van der Waals surface area contributed by atoms with E-state index in [2.05, 4.69) is 132 Å². The van der Waals surface area contributed by atoms with Gasteiger partial charge in [-0.15, -0.1) is 0 Å². The number of nitrogens with zero attached hydrogens (tertiary/aromatic N) is 2. The first kappa shape index (κ1) is 25.7. The van der Waals surface area contributed by atoms with Gasteiger partial charge in [0.15, 0.2) is 0 Å². The van der Waals surface area contributed by atoms with E-state index in [1.54, 1.807) is 0 Å². The molecule has 45 heavy (non-hydrogen) atoms. The molecule has 0 spiro atoms. The van der Waals surface area contributed by atoms with Crippen molar-refractivity contribution in [3.63, 3.8) is 0 Å². The summed E-state index contributed by atoms with van der Waals surface area (Å²) in [6.07, 6.45) is -0.333. The Kier molecular flexibility index (Phi) is 5.96. The molecule has 2 atom stereocenters. The number of hydrogen-bond donors (Lipinski definition) is 2. The first-order chi connectivity index (χ1) is 22.3. The number of nitrogens with one attached hydrogen (secondary N) is 2. The molecule has 0 bridgehead atoms. The minimum absolute atomic E-state index is 0.119. The van der Waals surface area contributed by atoms with Crippen molar-refractivity contribution in [1.82, 2.24) is 15.6 Å². The lowest BCUT2D eigenvalue weighted by molar-refractivity contribution is 0.409. The van der Waals surface area contributed by atoms with Gasteiger partial charge < -0.3 is 9.73 Å². The van der Waals surface area contributed by atoms with E-state index in [4.69, 9.17) is 14.4 Å². The topological polar surface area (TPSA) is 62.5 Å². The standard InChI is InChI=1S/C40H28N4O/c1-3-11-27(12-4-1)37-42-38(28-13-5-2-6-14-28)44-39(43-37)31-16-9-17-35-36(31)32-22-23-34(41-40(32)45-35)29-21-20-26-19-18-25-10-7-8-15-30(25)33(26)24-29/h1-24,37-38,42H,(H,43,44). The van der Waals surface area contributed by atoms with Crippen molar-refractivity contribution in [3.8, 4) is 11.3 Å². The van der Waals surface area contributed by atoms with Crippen molar-refractivity contribution in [1.29, 1.82) is 0 Å². The van der Waals surface area contributed by atoms with Crippen LogP contribution in [-0.2, 0) is 0 Å². The lowest BCUT2D eigenvalue weighted by Gasteiger charge is -2.32. The summed E-state index contributed by atoms with van der Waals surface area (Å²) >= 11 is 0. The Balaban J connectivity index is 1.17. The molecular formula is C40H28N4O. The molecule has 1 aliphatic rings. The third-order valence-electron chi connectivity index (χ3n) is 8.77. The molecule has 8 aromatic rings. The SMILES string of the molecule is c1ccc(C2N=C(c3cccc4oc5nc(-c6ccc7ccc8ccccc8c7c6)ccc5c34)NC(c3ccccc3)N2)cc1. The minimum atomic E-state index is -0.213. The molecule has 2 N–H and O–H groups in total. The van der Waals surface area contributed by atoms with E-state index in [0.29, 0.717) is 5.71 Å². The van der Waals surface area contributed by atoms with Crippen LogP contribution in [0.4, 0.5) is 0 Å². The number of hydrogen-bond acceptors (Lipinski definition) is 5. The zero-order chi connectivity index (χ0) is 29.7. The average molecular weight is 581 g/mol. The van der Waals surface area contributed by atoms with Crippen molar-refractivity contribution in [2.24, 2.45) is 4.99 Å². The van der Waals surface area contributed by atoms with E-state index >= 15 is 0 Å². The van der Waals surface area contributed by atoms with E-state index in [-0.39, 0.29) is 12.3 Å². The van der Waals surface area contributed by atoms with E-state index in [0.717, 1.165) is 50.1 Å². The zero-order valence-corrected chi connectivity index (χ0v) is 24.3. The smallest absolute Gasteiger partial charge is 0.227 e. The van der Waals surface area contributed by atoms with Gasteiger partial charge in [0.1, 0.15) is 23.8 Å². The summed E-state index contributed by atoms with van der Waals surface area (Å²) in [4.78, 5) is 10.2. The van der Waals surface area contributed by atoms with Crippen molar-refractivity contribution >= 4 is 49.4 Å². The largest absolute Gasteiger partial charge is 0.438 e. The van der Waals surface area contributed by atoms with Gasteiger partial charge in [0, 0.05) is 21.9 Å². The first-order valence-electron chi connectivity index (χ1n) is 15.2. The summed E-state index contributed by atoms with van der Waals surface area (Å²) in [6.45, 7) is 0. The highest BCUT2D eigenvalue weighted by Gasteiger charge is 2.27. The number of fused-ring (bicyclic) bond motifs is 6. The van der Waals surface area contributed by atoms with Gasteiger partial charge in [0.25, 0.3) is 0 Å². The summed E-state index contributed by atoms with van der Waals surface area (Å²) in [5.74, 6) is 0.815. The van der Waals surface area contributed by atoms with E-state index < -0.39 is 0 Å². The van der Waals surface area contributed by atoms with Crippen LogP contribution in [0.3, 0.4) is 0 Å². The second kappa shape index (κ2) is 10.4. The van der Waals surface area contributed by atoms with Crippen LogP contribution in [-0.4, -0.2) is 10.8 Å². The summed E-state index contributed by atoms with van der Waals surface area (Å²) in [5, 5.41) is 14.2. The average Bonchev–Trinajstić information content (AvgIpc) is 3.50. The van der Waals surface area contributed by atoms with Crippen molar-refractivity contribution in [2.75, 3.05) is 0 Å². The third-order valence-corrected chi connectivity index (χ3v) is 8.77. The highest BCUT2D eigenvalue weighted by Crippen LogP contribution is 2.35. The maximum atomic E-state index is 6.42. The first-order valence-corrected chi connectivity index (χ1v) is 15.2. The monoisotopic (exact) mass is 580 g/mol. The van der Waals surface area contributed by atoms with Gasteiger partial charge in [-0.05, 0) is 56.9 Å². The minimum Gasteiger partial charge on any atom is -0.438 e. The van der Waals surface area contributed by atoms with Gasteiger partial charge in [0.05, 0.1) is 5.69 Å². The summed E-state index contributed by atoms with van der Waals surface area (Å²) < 4.78 is 6.42. The summed E-state index contributed by atoms with van der Waals surface area (Å²) in [7, 11) is 0. The van der Waals surface area contributed by atoms with E-state index in [1.165, 1.54) is 21.5 Å². The molecule has 0 aliphatic carbocycles. The highest BCUT2D eigenvalue weighted by atomic mass is 16.3. The molecule has 0 amide bonds. The maximum Gasteiger partial charge on any atom is 0.227 e. The number of furan rings is 1. The van der Waals surface area contributed by atoms with Gasteiger partial charge in [-0.1, -0.05) is 121 Å². The number of pyridine rings is 1. The van der Waals surface area contributed by atoms with E-state index in [1.807, 2.05) is 24.3 Å². The number of aliphatic imine (C=N–C) groups is 1. The van der Waals surface area contributed by atoms with E-state index in [9.17, 15) is 0 Å². The summed E-state index contributed by atoms with van der Waals surface area (Å²) in [6, 6.07) is 50.6. The number of amidine groups is 1. The molecule has 5 heteroatoms. The second-order valence-corrected chi connectivity index (χ2v) is 11.5. The quantitative estimate of drug-likeness (QED) is 0.204. The molecule has 3 heterocycles. The maximum absolute atomic E-state index is 6.42. The fourth-order valence-electron chi connectivity index (χ4n) is 6.54. The predicted molar refractivity (Wildman–Crippen MR) is 183 cm³/mol. The molecule has 0 saturated heterocycles. The van der Waals surface area contributed by atoms with Crippen molar-refractivity contribution < 1.29 is 4.42 Å². The molecule has 214 valence electrons. The fraction of sp³-hybridized carbons (Fsp3) is 0.0500. The number of rotatable bonds is 4. The summed E-state index contributed by atoms with van der Waals surface area (Å²) in [5.41, 5.74) is 6.57. The van der Waals surface area contributed by atoms with Crippen LogP contribution < -0.4 is 10.6 Å². The van der Waals surface area contributed by atoms with Crippen LogP contribution in [0.15, 0.2) is 155 Å². The Morgan fingerprint density at radius 2 is 1.31 bits per heavy atom. The van der Waals surface area contributed by atoms with Crippen LogP contribution >= 0.6 is 0 Å². The number of benzene rings is 6. The normalized spacial score (nSPS) is 16.7. The molecule has 1 aliphatic heterocycles. The van der Waals surface area contributed by atoms with Gasteiger partial charge in [-0.25, -0.2) is 9.98 Å². The molecule has 0 fully saturated rings. The molecular weight excluding hydrogens is 552 g/mol. The van der Waals surface area contributed by atoms with Gasteiger partial charge in [-0.2, -0.15) is 0 Å². The Hall–Kier alpha value is -5.78. The zero-order valence-electron chi connectivity index (χ0n) is 24.3. The van der Waals surface area contributed by atoms with Crippen LogP contribution in [0.5, 0.6) is 0 Å². The van der Waals surface area contributed by atoms with Crippen LogP contribution in [0.2, 0.25) is 0 Å². The Morgan fingerprint density at radius 3 is 2.16 bits per heavy atom. The third kappa shape index (κ3) is 4.44. The molecule has 0 radical (unpaired) electrons. The van der Waals surface area contributed by atoms with Gasteiger partial charge in [-0.3, -0.25) is 5.32 Å². The van der Waals surface area contributed by atoms with Gasteiger partial charge in [0.2, 0.25) is 5.71 Å². The highest BCUT2D eigenvalue weighted by molar-refractivity contribution is 6.18. The van der Waals surface area contributed by atoms with Crippen LogP contribution in [0.1, 0.15) is 29.0 Å². The molecule has 2 aromatic heterocycles.